The van der Waals surface area contributed by atoms with Gasteiger partial charge in [0.25, 0.3) is 5.91 Å². The summed E-state index contributed by atoms with van der Waals surface area (Å²) in [6.45, 7) is 2.14. The van der Waals surface area contributed by atoms with E-state index in [1.165, 1.54) is 7.11 Å². The molecule has 0 aliphatic carbocycles. The number of carbonyl (C=O) groups excluding carboxylic acids is 1. The summed E-state index contributed by atoms with van der Waals surface area (Å²) >= 11 is 0. The predicted molar refractivity (Wildman–Crippen MR) is 72.7 cm³/mol. The number of nitrogens with one attached hydrogen (secondary N) is 1. The summed E-state index contributed by atoms with van der Waals surface area (Å²) < 4.78 is 15.3. The van der Waals surface area contributed by atoms with E-state index >= 15 is 0 Å². The van der Waals surface area contributed by atoms with Gasteiger partial charge in [-0.25, -0.2) is 0 Å². The first kappa shape index (κ1) is 15.8. The van der Waals surface area contributed by atoms with Gasteiger partial charge in [0.1, 0.15) is 11.5 Å². The molecule has 1 N–H and O–H groups in total. The molecule has 20 heavy (non-hydrogen) atoms. The number of carbonyl (C=O) groups is 1. The van der Waals surface area contributed by atoms with Gasteiger partial charge in [0.2, 0.25) is 0 Å². The van der Waals surface area contributed by atoms with Crippen molar-refractivity contribution in [1.29, 1.82) is 5.26 Å². The third-order valence-corrected chi connectivity index (χ3v) is 2.44. The summed E-state index contributed by atoms with van der Waals surface area (Å²) in [4.78, 5) is 11.6. The Morgan fingerprint density at radius 2 is 2.05 bits per heavy atom. The second-order valence-corrected chi connectivity index (χ2v) is 4.22. The number of amides is 1. The normalized spacial score (nSPS) is 11.3. The molecule has 0 spiro atoms. The first-order chi connectivity index (χ1) is 9.58. The van der Waals surface area contributed by atoms with E-state index in [0.717, 1.165) is 0 Å². The highest BCUT2D eigenvalue weighted by molar-refractivity contribution is 5.77. The lowest BCUT2D eigenvalue weighted by Gasteiger charge is -2.13. The van der Waals surface area contributed by atoms with Gasteiger partial charge in [-0.1, -0.05) is 0 Å². The van der Waals surface area contributed by atoms with Gasteiger partial charge in [0.15, 0.2) is 6.61 Å². The lowest BCUT2D eigenvalue weighted by Crippen LogP contribution is -2.38. The number of nitriles is 1. The zero-order valence-electron chi connectivity index (χ0n) is 11.8. The summed E-state index contributed by atoms with van der Waals surface area (Å²) in [5, 5.41) is 11.6. The van der Waals surface area contributed by atoms with Crippen molar-refractivity contribution >= 4 is 5.91 Å². The van der Waals surface area contributed by atoms with Crippen LogP contribution in [0.1, 0.15) is 12.5 Å². The van der Waals surface area contributed by atoms with Crippen molar-refractivity contribution in [2.75, 3.05) is 27.4 Å². The van der Waals surface area contributed by atoms with E-state index in [1.807, 2.05) is 13.0 Å². The first-order valence-electron chi connectivity index (χ1n) is 6.09. The van der Waals surface area contributed by atoms with Gasteiger partial charge < -0.3 is 19.5 Å². The average molecular weight is 278 g/mol. The maximum atomic E-state index is 11.6. The topological polar surface area (TPSA) is 80.6 Å². The maximum absolute atomic E-state index is 11.6. The Labute approximate surface area is 118 Å². The molecule has 0 saturated carbocycles. The fraction of sp³-hybridized carbons (Fsp3) is 0.429. The molecule has 108 valence electrons. The van der Waals surface area contributed by atoms with Gasteiger partial charge in [-0.2, -0.15) is 5.26 Å². The summed E-state index contributed by atoms with van der Waals surface area (Å²) in [7, 11) is 3.07. The van der Waals surface area contributed by atoms with Crippen molar-refractivity contribution in [3.63, 3.8) is 0 Å². The Morgan fingerprint density at radius 1 is 1.35 bits per heavy atom. The molecule has 0 fully saturated rings. The highest BCUT2D eigenvalue weighted by atomic mass is 16.5. The molecular weight excluding hydrogens is 260 g/mol. The fourth-order valence-corrected chi connectivity index (χ4v) is 1.59. The van der Waals surface area contributed by atoms with Crippen molar-refractivity contribution < 1.29 is 19.0 Å². The molecule has 6 nitrogen and oxygen atoms in total. The van der Waals surface area contributed by atoms with E-state index in [9.17, 15) is 4.79 Å². The molecule has 0 heterocycles. The van der Waals surface area contributed by atoms with Crippen LogP contribution in [0.3, 0.4) is 0 Å². The van der Waals surface area contributed by atoms with Crippen molar-refractivity contribution in [1.82, 2.24) is 5.32 Å². The lowest BCUT2D eigenvalue weighted by atomic mass is 10.2. The Bertz CT molecular complexity index is 496. The van der Waals surface area contributed by atoms with Gasteiger partial charge in [0.05, 0.1) is 25.3 Å². The molecule has 0 aliphatic rings. The van der Waals surface area contributed by atoms with Crippen molar-refractivity contribution in [2.24, 2.45) is 0 Å². The minimum absolute atomic E-state index is 0.0870. The van der Waals surface area contributed by atoms with Crippen LogP contribution >= 0.6 is 0 Å². The zero-order chi connectivity index (χ0) is 15.0. The van der Waals surface area contributed by atoms with E-state index in [4.69, 9.17) is 19.5 Å². The summed E-state index contributed by atoms with van der Waals surface area (Å²) in [5.41, 5.74) is 0.410. The number of hydrogen-bond donors (Lipinski definition) is 1. The van der Waals surface area contributed by atoms with E-state index in [0.29, 0.717) is 23.7 Å². The number of hydrogen-bond acceptors (Lipinski definition) is 5. The van der Waals surface area contributed by atoms with Gasteiger partial charge >= 0.3 is 0 Å². The average Bonchev–Trinajstić information content (AvgIpc) is 2.44. The number of nitrogens with zero attached hydrogens (tertiary/aromatic N) is 1. The second-order valence-electron chi connectivity index (χ2n) is 4.22. The molecule has 1 rings (SSSR count). The maximum Gasteiger partial charge on any atom is 0.258 e. The van der Waals surface area contributed by atoms with Crippen LogP contribution in [0, 0.1) is 11.3 Å². The Kier molecular flexibility index (Phi) is 6.33. The first-order valence-corrected chi connectivity index (χ1v) is 6.09. The summed E-state index contributed by atoms with van der Waals surface area (Å²) in [6.07, 6.45) is 0. The van der Waals surface area contributed by atoms with Gasteiger partial charge in [-0.3, -0.25) is 4.79 Å². The molecule has 6 heteroatoms. The molecule has 1 unspecified atom stereocenters. The zero-order valence-corrected chi connectivity index (χ0v) is 11.8. The standard InChI is InChI=1S/C14H18N2O4/c1-10(8-18-2)16-14(17)9-20-13-5-11(7-15)4-12(6-13)19-3/h4-6,10H,8-9H2,1-3H3,(H,16,17). The van der Waals surface area contributed by atoms with Crippen LogP contribution in [0.4, 0.5) is 0 Å². The van der Waals surface area contributed by atoms with Gasteiger partial charge in [0, 0.05) is 19.2 Å². The Hall–Kier alpha value is -2.26. The van der Waals surface area contributed by atoms with Crippen LogP contribution in [-0.2, 0) is 9.53 Å². The van der Waals surface area contributed by atoms with E-state index in [2.05, 4.69) is 5.32 Å². The minimum Gasteiger partial charge on any atom is -0.497 e. The van der Waals surface area contributed by atoms with Crippen molar-refractivity contribution in [2.45, 2.75) is 13.0 Å². The molecule has 1 atom stereocenters. The Balaban J connectivity index is 2.57. The van der Waals surface area contributed by atoms with Crippen LogP contribution in [-0.4, -0.2) is 39.4 Å². The number of ether oxygens (including phenoxy) is 3. The molecule has 0 aromatic heterocycles. The molecule has 1 aromatic carbocycles. The molecule has 0 bridgehead atoms. The highest BCUT2D eigenvalue weighted by Gasteiger charge is 2.09. The molecule has 1 amide bonds. The molecule has 0 saturated heterocycles. The monoisotopic (exact) mass is 278 g/mol. The Morgan fingerprint density at radius 3 is 2.65 bits per heavy atom. The summed E-state index contributed by atoms with van der Waals surface area (Å²) in [6, 6.07) is 6.67. The molecule has 0 radical (unpaired) electrons. The van der Waals surface area contributed by atoms with Crippen LogP contribution < -0.4 is 14.8 Å². The fourth-order valence-electron chi connectivity index (χ4n) is 1.59. The third kappa shape index (κ3) is 5.16. The number of rotatable bonds is 7. The molecular formula is C14H18N2O4. The molecule has 1 aromatic rings. The van der Waals surface area contributed by atoms with E-state index < -0.39 is 0 Å². The van der Waals surface area contributed by atoms with Crippen molar-refractivity contribution in [3.05, 3.63) is 23.8 Å². The summed E-state index contributed by atoms with van der Waals surface area (Å²) in [5.74, 6) is 0.665. The van der Waals surface area contributed by atoms with Crippen LogP contribution in [0.15, 0.2) is 18.2 Å². The lowest BCUT2D eigenvalue weighted by molar-refractivity contribution is -0.124. The van der Waals surface area contributed by atoms with Crippen LogP contribution in [0.25, 0.3) is 0 Å². The largest absolute Gasteiger partial charge is 0.497 e. The second kappa shape index (κ2) is 8.02. The number of benzene rings is 1. The van der Waals surface area contributed by atoms with E-state index in [1.54, 1.807) is 25.3 Å². The van der Waals surface area contributed by atoms with Crippen LogP contribution in [0.5, 0.6) is 11.5 Å². The number of methoxy groups -OCH3 is 2. The van der Waals surface area contributed by atoms with E-state index in [-0.39, 0.29) is 18.6 Å². The predicted octanol–water partition coefficient (Wildman–Crippen LogP) is 1.10. The molecule has 0 aliphatic heterocycles. The minimum atomic E-state index is -0.254. The van der Waals surface area contributed by atoms with Gasteiger partial charge in [-0.15, -0.1) is 0 Å². The SMILES string of the molecule is COCC(C)NC(=O)COc1cc(C#N)cc(OC)c1. The smallest absolute Gasteiger partial charge is 0.258 e. The van der Waals surface area contributed by atoms with Gasteiger partial charge in [-0.05, 0) is 19.1 Å². The van der Waals surface area contributed by atoms with Crippen molar-refractivity contribution in [3.8, 4) is 17.6 Å². The third-order valence-electron chi connectivity index (χ3n) is 2.44. The quantitative estimate of drug-likeness (QED) is 0.807. The highest BCUT2D eigenvalue weighted by Crippen LogP contribution is 2.22. The van der Waals surface area contributed by atoms with Crippen LogP contribution in [0.2, 0.25) is 0 Å².